The third-order valence-corrected chi connectivity index (χ3v) is 3.54. The molecule has 0 bridgehead atoms. The fourth-order valence-electron chi connectivity index (χ4n) is 2.42. The number of nitrogens with one attached hydrogen (secondary N) is 1. The van der Waals surface area contributed by atoms with Crippen LogP contribution in [0.2, 0.25) is 0 Å². The van der Waals surface area contributed by atoms with Crippen molar-refractivity contribution in [2.45, 2.75) is 52.7 Å². The highest BCUT2D eigenvalue weighted by atomic mass is 16.5. The Balaban J connectivity index is 2.29. The summed E-state index contributed by atoms with van der Waals surface area (Å²) in [7, 11) is 1.81. The Morgan fingerprint density at radius 3 is 2.60 bits per heavy atom. The van der Waals surface area contributed by atoms with Crippen LogP contribution < -0.4 is 15.0 Å². The van der Waals surface area contributed by atoms with Gasteiger partial charge in [0.05, 0.1) is 6.10 Å². The van der Waals surface area contributed by atoms with Crippen LogP contribution in [0.25, 0.3) is 0 Å². The van der Waals surface area contributed by atoms with E-state index in [0.717, 1.165) is 6.54 Å². The molecule has 2 atom stereocenters. The molecule has 112 valence electrons. The van der Waals surface area contributed by atoms with E-state index in [0.29, 0.717) is 29.9 Å². The molecule has 1 aliphatic heterocycles. The highest BCUT2D eigenvalue weighted by Crippen LogP contribution is 2.26. The normalized spacial score (nSPS) is 23.0. The molecule has 0 amide bonds. The van der Waals surface area contributed by atoms with E-state index in [-0.39, 0.29) is 6.10 Å². The van der Waals surface area contributed by atoms with Gasteiger partial charge in [-0.15, -0.1) is 0 Å². The number of hydrogen-bond acceptors (Lipinski definition) is 6. The summed E-state index contributed by atoms with van der Waals surface area (Å²) < 4.78 is 5.62. The van der Waals surface area contributed by atoms with Crippen molar-refractivity contribution in [1.82, 2.24) is 15.0 Å². The van der Waals surface area contributed by atoms with Crippen LogP contribution in [-0.2, 0) is 0 Å². The van der Waals surface area contributed by atoms with Crippen molar-refractivity contribution in [3.05, 3.63) is 0 Å². The number of hydrogen-bond donors (Lipinski definition) is 1. The van der Waals surface area contributed by atoms with Crippen molar-refractivity contribution < 1.29 is 4.74 Å². The Hall–Kier alpha value is -1.59. The molecule has 0 spiro atoms. The molecular formula is C14H25N5O. The first kappa shape index (κ1) is 14.8. The second kappa shape index (κ2) is 6.24. The van der Waals surface area contributed by atoms with Crippen molar-refractivity contribution in [3.8, 4) is 6.01 Å². The summed E-state index contributed by atoms with van der Waals surface area (Å²) in [5.41, 5.74) is 0. The molecule has 20 heavy (non-hydrogen) atoms. The van der Waals surface area contributed by atoms with Crippen LogP contribution in [0.4, 0.5) is 11.9 Å². The molecule has 1 aromatic heterocycles. The van der Waals surface area contributed by atoms with Crippen molar-refractivity contribution in [3.63, 3.8) is 0 Å². The number of ether oxygens (including phenoxy) is 1. The van der Waals surface area contributed by atoms with Crippen LogP contribution in [0.1, 0.15) is 40.5 Å². The van der Waals surface area contributed by atoms with E-state index in [1.807, 2.05) is 13.8 Å². The monoisotopic (exact) mass is 279 g/mol. The largest absolute Gasteiger partial charge is 0.461 e. The fraction of sp³-hybridized carbons (Fsp3) is 0.786. The Labute approximate surface area is 121 Å². The first-order valence-corrected chi connectivity index (χ1v) is 7.36. The molecule has 1 aromatic rings. The van der Waals surface area contributed by atoms with E-state index < -0.39 is 0 Å². The van der Waals surface area contributed by atoms with E-state index in [2.05, 4.69) is 39.0 Å². The molecule has 0 radical (unpaired) electrons. The minimum atomic E-state index is 0.0488. The molecule has 0 aromatic carbocycles. The maximum atomic E-state index is 5.62. The molecule has 0 saturated carbocycles. The second-order valence-corrected chi connectivity index (χ2v) is 5.84. The molecule has 2 rings (SSSR count). The maximum Gasteiger partial charge on any atom is 0.323 e. The first-order valence-electron chi connectivity index (χ1n) is 7.36. The average molecular weight is 279 g/mol. The molecule has 1 saturated heterocycles. The summed E-state index contributed by atoms with van der Waals surface area (Å²) in [4.78, 5) is 15.5. The zero-order valence-electron chi connectivity index (χ0n) is 13.1. The van der Waals surface area contributed by atoms with Crippen LogP contribution in [0.3, 0.4) is 0 Å². The van der Waals surface area contributed by atoms with Gasteiger partial charge in [-0.05, 0) is 39.5 Å². The first-order chi connectivity index (χ1) is 9.49. The number of rotatable bonds is 4. The van der Waals surface area contributed by atoms with Crippen LogP contribution >= 0.6 is 0 Å². The molecule has 6 nitrogen and oxygen atoms in total. The molecular weight excluding hydrogens is 254 g/mol. The van der Waals surface area contributed by atoms with Gasteiger partial charge in [-0.3, -0.25) is 0 Å². The minimum Gasteiger partial charge on any atom is -0.461 e. The van der Waals surface area contributed by atoms with Gasteiger partial charge in [0.25, 0.3) is 0 Å². The zero-order valence-corrected chi connectivity index (χ0v) is 13.1. The van der Waals surface area contributed by atoms with Gasteiger partial charge in [0, 0.05) is 19.6 Å². The summed E-state index contributed by atoms with van der Waals surface area (Å²) in [5, 5.41) is 2.98. The van der Waals surface area contributed by atoms with Gasteiger partial charge in [0.15, 0.2) is 0 Å². The van der Waals surface area contributed by atoms with Crippen molar-refractivity contribution in [1.29, 1.82) is 0 Å². The molecule has 1 fully saturated rings. The lowest BCUT2D eigenvalue weighted by molar-refractivity contribution is 0.221. The van der Waals surface area contributed by atoms with Gasteiger partial charge in [-0.1, -0.05) is 6.92 Å². The third kappa shape index (κ3) is 3.49. The average Bonchev–Trinajstić information content (AvgIpc) is 2.40. The summed E-state index contributed by atoms with van der Waals surface area (Å²) in [6, 6.07) is 0.838. The van der Waals surface area contributed by atoms with E-state index >= 15 is 0 Å². The zero-order chi connectivity index (χ0) is 14.7. The minimum absolute atomic E-state index is 0.0488. The predicted octanol–water partition coefficient (Wildman–Crippen LogP) is 2.33. The maximum absolute atomic E-state index is 5.62. The Morgan fingerprint density at radius 1 is 1.20 bits per heavy atom. The molecule has 2 heterocycles. The van der Waals surface area contributed by atoms with Crippen LogP contribution in [0.15, 0.2) is 0 Å². The lowest BCUT2D eigenvalue weighted by Crippen LogP contribution is -2.42. The quantitative estimate of drug-likeness (QED) is 0.912. The highest BCUT2D eigenvalue weighted by molar-refractivity contribution is 5.39. The Morgan fingerprint density at radius 2 is 1.95 bits per heavy atom. The standard InChI is InChI=1S/C14H25N5O/c1-9(2)20-14-17-12(15-5)16-13(18-14)19-8-10(3)6-7-11(19)4/h9-11H,6-8H2,1-5H3,(H,15,16,17,18). The summed E-state index contributed by atoms with van der Waals surface area (Å²) in [6.07, 6.45) is 2.48. The van der Waals surface area contributed by atoms with Gasteiger partial charge in [-0.2, -0.15) is 15.0 Å². The van der Waals surface area contributed by atoms with Crippen molar-refractivity contribution in [2.24, 2.45) is 5.92 Å². The van der Waals surface area contributed by atoms with Crippen molar-refractivity contribution in [2.75, 3.05) is 23.8 Å². The molecule has 0 aliphatic carbocycles. The number of piperidine rings is 1. The van der Waals surface area contributed by atoms with Gasteiger partial charge in [0.1, 0.15) is 0 Å². The third-order valence-electron chi connectivity index (χ3n) is 3.54. The van der Waals surface area contributed by atoms with Gasteiger partial charge >= 0.3 is 6.01 Å². The molecule has 2 unspecified atom stereocenters. The molecule has 1 N–H and O–H groups in total. The Bertz CT molecular complexity index is 451. The van der Waals surface area contributed by atoms with E-state index in [1.165, 1.54) is 12.8 Å². The van der Waals surface area contributed by atoms with Crippen molar-refractivity contribution >= 4 is 11.9 Å². The molecule has 1 aliphatic rings. The predicted molar refractivity (Wildman–Crippen MR) is 80.3 cm³/mol. The van der Waals surface area contributed by atoms with Gasteiger partial charge in [-0.25, -0.2) is 0 Å². The van der Waals surface area contributed by atoms with Crippen LogP contribution in [0.5, 0.6) is 6.01 Å². The van der Waals surface area contributed by atoms with Gasteiger partial charge in [0.2, 0.25) is 11.9 Å². The summed E-state index contributed by atoms with van der Waals surface area (Å²) in [6.45, 7) is 9.40. The number of anilines is 2. The topological polar surface area (TPSA) is 63.2 Å². The smallest absolute Gasteiger partial charge is 0.323 e. The van der Waals surface area contributed by atoms with Crippen LogP contribution in [0, 0.1) is 5.92 Å². The highest BCUT2D eigenvalue weighted by Gasteiger charge is 2.26. The van der Waals surface area contributed by atoms with E-state index in [4.69, 9.17) is 4.74 Å². The number of aromatic nitrogens is 3. The van der Waals surface area contributed by atoms with E-state index in [1.54, 1.807) is 7.05 Å². The number of nitrogens with zero attached hydrogens (tertiary/aromatic N) is 4. The fourth-order valence-corrected chi connectivity index (χ4v) is 2.42. The van der Waals surface area contributed by atoms with Gasteiger partial charge < -0.3 is 15.0 Å². The molecule has 6 heteroatoms. The SMILES string of the molecule is CNc1nc(OC(C)C)nc(N2CC(C)CCC2C)n1. The van der Waals surface area contributed by atoms with Crippen LogP contribution in [-0.4, -0.2) is 40.7 Å². The van der Waals surface area contributed by atoms with E-state index in [9.17, 15) is 0 Å². The lowest BCUT2D eigenvalue weighted by atomic mass is 9.95. The Kier molecular flexibility index (Phi) is 4.62. The lowest BCUT2D eigenvalue weighted by Gasteiger charge is -2.36. The summed E-state index contributed by atoms with van der Waals surface area (Å²) in [5.74, 6) is 1.92. The second-order valence-electron chi connectivity index (χ2n) is 5.84. The summed E-state index contributed by atoms with van der Waals surface area (Å²) >= 11 is 0.